The van der Waals surface area contributed by atoms with Crippen molar-refractivity contribution in [1.82, 2.24) is 5.32 Å². The van der Waals surface area contributed by atoms with Gasteiger partial charge >= 0.3 is 0 Å². The Morgan fingerprint density at radius 2 is 1.65 bits per heavy atom. The number of hydrogen-bond donors (Lipinski definition) is 1. The molecule has 1 fully saturated rings. The van der Waals surface area contributed by atoms with Gasteiger partial charge in [-0.3, -0.25) is 0 Å². The molecule has 1 aliphatic carbocycles. The maximum Gasteiger partial charge on any atom is 0.0594 e. The molecule has 0 radical (unpaired) electrons. The van der Waals surface area contributed by atoms with Crippen molar-refractivity contribution in [2.75, 3.05) is 32.9 Å². The maximum absolute atomic E-state index is 5.93. The van der Waals surface area contributed by atoms with Crippen molar-refractivity contribution in [3.63, 3.8) is 0 Å². The summed E-state index contributed by atoms with van der Waals surface area (Å²) in [6.45, 7) is 11.0. The molecule has 3 nitrogen and oxygen atoms in total. The Bertz CT molecular complexity index is 177. The molecule has 3 heteroatoms. The SMILES string of the molecule is CCOCCNCCOC1CC(C)CC(C)C1. The van der Waals surface area contributed by atoms with Crippen molar-refractivity contribution in [2.45, 2.75) is 46.1 Å². The van der Waals surface area contributed by atoms with Crippen LogP contribution in [0.25, 0.3) is 0 Å². The summed E-state index contributed by atoms with van der Waals surface area (Å²) >= 11 is 0. The molecule has 0 saturated heterocycles. The highest BCUT2D eigenvalue weighted by Gasteiger charge is 2.23. The number of rotatable bonds is 8. The quantitative estimate of drug-likeness (QED) is 0.664. The van der Waals surface area contributed by atoms with E-state index in [0.29, 0.717) is 6.10 Å². The molecule has 0 aliphatic heterocycles. The lowest BCUT2D eigenvalue weighted by Gasteiger charge is -2.31. The van der Waals surface area contributed by atoms with E-state index in [4.69, 9.17) is 9.47 Å². The number of nitrogens with one attached hydrogen (secondary N) is 1. The average molecular weight is 243 g/mol. The van der Waals surface area contributed by atoms with E-state index in [0.717, 1.165) is 44.7 Å². The minimum Gasteiger partial charge on any atom is -0.380 e. The maximum atomic E-state index is 5.93. The standard InChI is InChI=1S/C14H29NO2/c1-4-16-7-5-15-6-8-17-14-10-12(2)9-13(3)11-14/h12-15H,4-11H2,1-3H3. The number of hydrogen-bond acceptors (Lipinski definition) is 3. The summed E-state index contributed by atoms with van der Waals surface area (Å²) in [5.41, 5.74) is 0. The molecule has 2 unspecified atom stereocenters. The third-order valence-corrected chi connectivity index (χ3v) is 3.39. The summed E-state index contributed by atoms with van der Waals surface area (Å²) in [6.07, 6.45) is 4.33. The molecule has 0 aromatic heterocycles. The van der Waals surface area contributed by atoms with Crippen LogP contribution in [0.2, 0.25) is 0 Å². The monoisotopic (exact) mass is 243 g/mol. The van der Waals surface area contributed by atoms with Gasteiger partial charge in [-0.25, -0.2) is 0 Å². The van der Waals surface area contributed by atoms with Gasteiger partial charge in [0.15, 0.2) is 0 Å². The van der Waals surface area contributed by atoms with Crippen molar-refractivity contribution in [2.24, 2.45) is 11.8 Å². The highest BCUT2D eigenvalue weighted by molar-refractivity contribution is 4.75. The molecule has 17 heavy (non-hydrogen) atoms. The van der Waals surface area contributed by atoms with Crippen molar-refractivity contribution < 1.29 is 9.47 Å². The van der Waals surface area contributed by atoms with Gasteiger partial charge in [0.05, 0.1) is 19.3 Å². The molecule has 0 aromatic carbocycles. The van der Waals surface area contributed by atoms with E-state index >= 15 is 0 Å². The second-order valence-electron chi connectivity index (χ2n) is 5.36. The van der Waals surface area contributed by atoms with E-state index < -0.39 is 0 Å². The van der Waals surface area contributed by atoms with E-state index in [9.17, 15) is 0 Å². The summed E-state index contributed by atoms with van der Waals surface area (Å²) < 4.78 is 11.2. The first-order valence-corrected chi connectivity index (χ1v) is 7.12. The molecule has 1 saturated carbocycles. The molecule has 0 spiro atoms. The van der Waals surface area contributed by atoms with Gasteiger partial charge < -0.3 is 14.8 Å². The van der Waals surface area contributed by atoms with Gasteiger partial charge in [0.25, 0.3) is 0 Å². The first-order valence-electron chi connectivity index (χ1n) is 7.12. The van der Waals surface area contributed by atoms with Crippen LogP contribution in [0.5, 0.6) is 0 Å². The Balaban J connectivity index is 1.95. The topological polar surface area (TPSA) is 30.5 Å². The van der Waals surface area contributed by atoms with Gasteiger partial charge in [0.2, 0.25) is 0 Å². The van der Waals surface area contributed by atoms with Crippen LogP contribution in [-0.2, 0) is 9.47 Å². The Morgan fingerprint density at radius 3 is 2.29 bits per heavy atom. The molecule has 0 bridgehead atoms. The highest BCUT2D eigenvalue weighted by Crippen LogP contribution is 2.30. The van der Waals surface area contributed by atoms with Crippen LogP contribution in [0.4, 0.5) is 0 Å². The molecular weight excluding hydrogens is 214 g/mol. The Kier molecular flexibility index (Phi) is 7.82. The summed E-state index contributed by atoms with van der Waals surface area (Å²) in [5, 5.41) is 3.33. The van der Waals surface area contributed by atoms with E-state index in [1.807, 2.05) is 6.92 Å². The van der Waals surface area contributed by atoms with Crippen molar-refractivity contribution in [3.05, 3.63) is 0 Å². The second-order valence-corrected chi connectivity index (χ2v) is 5.36. The summed E-state index contributed by atoms with van der Waals surface area (Å²) in [4.78, 5) is 0. The van der Waals surface area contributed by atoms with E-state index in [1.54, 1.807) is 0 Å². The lowest BCUT2D eigenvalue weighted by atomic mass is 9.82. The highest BCUT2D eigenvalue weighted by atomic mass is 16.5. The normalized spacial score (nSPS) is 29.5. The number of ether oxygens (including phenoxy) is 2. The minimum atomic E-state index is 0.488. The fourth-order valence-electron chi connectivity index (χ4n) is 2.72. The predicted molar refractivity (Wildman–Crippen MR) is 71.3 cm³/mol. The molecule has 0 amide bonds. The molecule has 1 rings (SSSR count). The first kappa shape index (κ1) is 14.9. The largest absolute Gasteiger partial charge is 0.380 e. The third-order valence-electron chi connectivity index (χ3n) is 3.39. The third kappa shape index (κ3) is 7.02. The van der Waals surface area contributed by atoms with Crippen molar-refractivity contribution >= 4 is 0 Å². The van der Waals surface area contributed by atoms with E-state index in [-0.39, 0.29) is 0 Å². The fourth-order valence-corrected chi connectivity index (χ4v) is 2.72. The molecular formula is C14H29NO2. The smallest absolute Gasteiger partial charge is 0.0594 e. The van der Waals surface area contributed by atoms with Gasteiger partial charge in [-0.1, -0.05) is 13.8 Å². The molecule has 2 atom stereocenters. The van der Waals surface area contributed by atoms with Crippen LogP contribution in [0.1, 0.15) is 40.0 Å². The second kappa shape index (κ2) is 8.90. The van der Waals surface area contributed by atoms with Gasteiger partial charge in [-0.15, -0.1) is 0 Å². The zero-order valence-corrected chi connectivity index (χ0v) is 11.7. The van der Waals surface area contributed by atoms with Crippen LogP contribution >= 0.6 is 0 Å². The zero-order valence-electron chi connectivity index (χ0n) is 11.7. The minimum absolute atomic E-state index is 0.488. The van der Waals surface area contributed by atoms with Crippen LogP contribution in [0, 0.1) is 11.8 Å². The van der Waals surface area contributed by atoms with Crippen molar-refractivity contribution in [3.8, 4) is 0 Å². The molecule has 102 valence electrons. The summed E-state index contributed by atoms with van der Waals surface area (Å²) in [6, 6.07) is 0. The van der Waals surface area contributed by atoms with Gasteiger partial charge in [0, 0.05) is 19.7 Å². The molecule has 0 aromatic rings. The summed E-state index contributed by atoms with van der Waals surface area (Å²) in [7, 11) is 0. The Labute approximate surface area is 106 Å². The van der Waals surface area contributed by atoms with Gasteiger partial charge in [-0.05, 0) is 38.0 Å². The van der Waals surface area contributed by atoms with Gasteiger partial charge in [0.1, 0.15) is 0 Å². The molecule has 1 aliphatic rings. The van der Waals surface area contributed by atoms with E-state index in [1.165, 1.54) is 19.3 Å². The molecule has 0 heterocycles. The van der Waals surface area contributed by atoms with E-state index in [2.05, 4.69) is 19.2 Å². The van der Waals surface area contributed by atoms with Crippen LogP contribution in [0.15, 0.2) is 0 Å². The zero-order chi connectivity index (χ0) is 12.5. The average Bonchev–Trinajstić information content (AvgIpc) is 2.26. The van der Waals surface area contributed by atoms with Crippen LogP contribution in [0.3, 0.4) is 0 Å². The lowest BCUT2D eigenvalue weighted by molar-refractivity contribution is 0.00230. The Hall–Kier alpha value is -0.120. The molecule has 1 N–H and O–H groups in total. The van der Waals surface area contributed by atoms with Crippen LogP contribution < -0.4 is 5.32 Å². The lowest BCUT2D eigenvalue weighted by Crippen LogP contribution is -2.30. The van der Waals surface area contributed by atoms with Crippen LogP contribution in [-0.4, -0.2) is 39.0 Å². The fraction of sp³-hybridized carbons (Fsp3) is 1.00. The van der Waals surface area contributed by atoms with Gasteiger partial charge in [-0.2, -0.15) is 0 Å². The predicted octanol–water partition coefficient (Wildman–Crippen LogP) is 2.45. The van der Waals surface area contributed by atoms with Crippen molar-refractivity contribution in [1.29, 1.82) is 0 Å². The Morgan fingerprint density at radius 1 is 1.00 bits per heavy atom. The first-order chi connectivity index (χ1) is 8.22. The summed E-state index contributed by atoms with van der Waals surface area (Å²) in [5.74, 6) is 1.66.